The molecule has 0 fully saturated rings. The first-order chi connectivity index (χ1) is 11.5. The molecule has 0 aliphatic carbocycles. The maximum Gasteiger partial charge on any atom is 0.252 e. The van der Waals surface area contributed by atoms with E-state index >= 15 is 0 Å². The van der Waals surface area contributed by atoms with Crippen molar-refractivity contribution in [3.05, 3.63) is 53.7 Å². The SMILES string of the molecule is CC(C)CCNC(=O)c1ccc(Nc2ccccc2C(C)C)nc1. The molecule has 1 aromatic carbocycles. The van der Waals surface area contributed by atoms with Crippen LogP contribution in [0.1, 0.15) is 56.0 Å². The zero-order valence-corrected chi connectivity index (χ0v) is 15.0. The van der Waals surface area contributed by atoms with Crippen molar-refractivity contribution in [3.63, 3.8) is 0 Å². The summed E-state index contributed by atoms with van der Waals surface area (Å²) < 4.78 is 0. The Balaban J connectivity index is 2.01. The fraction of sp³-hybridized carbons (Fsp3) is 0.400. The summed E-state index contributed by atoms with van der Waals surface area (Å²) in [7, 11) is 0. The molecular weight excluding hydrogens is 298 g/mol. The number of para-hydroxylation sites is 1. The van der Waals surface area contributed by atoms with Crippen LogP contribution in [0.4, 0.5) is 11.5 Å². The van der Waals surface area contributed by atoms with E-state index in [1.807, 2.05) is 24.3 Å². The van der Waals surface area contributed by atoms with Gasteiger partial charge in [0.2, 0.25) is 0 Å². The van der Waals surface area contributed by atoms with E-state index in [0.29, 0.717) is 23.9 Å². The van der Waals surface area contributed by atoms with Gasteiger partial charge in [0, 0.05) is 18.4 Å². The van der Waals surface area contributed by atoms with Gasteiger partial charge in [0.1, 0.15) is 5.82 Å². The Morgan fingerprint density at radius 1 is 1.08 bits per heavy atom. The number of anilines is 2. The summed E-state index contributed by atoms with van der Waals surface area (Å²) in [4.78, 5) is 16.4. The summed E-state index contributed by atoms with van der Waals surface area (Å²) in [5.74, 6) is 1.68. The molecule has 1 amide bonds. The summed E-state index contributed by atoms with van der Waals surface area (Å²) >= 11 is 0. The average molecular weight is 325 g/mol. The molecule has 0 bridgehead atoms. The molecular formula is C20H27N3O. The molecule has 0 atom stereocenters. The number of hydrogen-bond donors (Lipinski definition) is 2. The lowest BCUT2D eigenvalue weighted by atomic mass is 10.0. The van der Waals surface area contributed by atoms with Crippen molar-refractivity contribution >= 4 is 17.4 Å². The molecule has 0 radical (unpaired) electrons. The quantitative estimate of drug-likeness (QED) is 0.774. The van der Waals surface area contributed by atoms with Crippen LogP contribution in [-0.2, 0) is 0 Å². The first-order valence-corrected chi connectivity index (χ1v) is 8.57. The third kappa shape index (κ3) is 5.08. The first kappa shape index (κ1) is 18.0. The van der Waals surface area contributed by atoms with Gasteiger partial charge in [-0.15, -0.1) is 0 Å². The van der Waals surface area contributed by atoms with Crippen LogP contribution in [0.3, 0.4) is 0 Å². The second-order valence-electron chi connectivity index (χ2n) is 6.74. The van der Waals surface area contributed by atoms with E-state index in [4.69, 9.17) is 0 Å². The number of carbonyl (C=O) groups excluding carboxylic acids is 1. The van der Waals surface area contributed by atoms with E-state index in [9.17, 15) is 4.79 Å². The van der Waals surface area contributed by atoms with Crippen LogP contribution in [0.2, 0.25) is 0 Å². The summed E-state index contributed by atoms with van der Waals surface area (Å²) in [5, 5.41) is 6.26. The second-order valence-corrected chi connectivity index (χ2v) is 6.74. The smallest absolute Gasteiger partial charge is 0.252 e. The molecule has 24 heavy (non-hydrogen) atoms. The number of aromatic nitrogens is 1. The number of pyridine rings is 1. The lowest BCUT2D eigenvalue weighted by molar-refractivity contribution is 0.0951. The highest BCUT2D eigenvalue weighted by molar-refractivity contribution is 5.94. The molecule has 2 rings (SSSR count). The highest BCUT2D eigenvalue weighted by Crippen LogP contribution is 2.26. The van der Waals surface area contributed by atoms with E-state index < -0.39 is 0 Å². The van der Waals surface area contributed by atoms with Gasteiger partial charge in [0.05, 0.1) is 5.56 Å². The van der Waals surface area contributed by atoms with Crippen LogP contribution in [0.15, 0.2) is 42.6 Å². The predicted molar refractivity (Wildman–Crippen MR) is 99.8 cm³/mol. The van der Waals surface area contributed by atoms with Crippen molar-refractivity contribution in [2.75, 3.05) is 11.9 Å². The van der Waals surface area contributed by atoms with Gasteiger partial charge in [-0.1, -0.05) is 45.9 Å². The van der Waals surface area contributed by atoms with E-state index in [0.717, 1.165) is 17.9 Å². The van der Waals surface area contributed by atoms with E-state index in [1.165, 1.54) is 5.56 Å². The molecule has 2 aromatic rings. The number of benzene rings is 1. The summed E-state index contributed by atoms with van der Waals surface area (Å²) in [6, 6.07) is 11.9. The van der Waals surface area contributed by atoms with E-state index in [2.05, 4.69) is 49.4 Å². The van der Waals surface area contributed by atoms with Gasteiger partial charge in [-0.05, 0) is 42.0 Å². The molecule has 0 aliphatic rings. The minimum atomic E-state index is -0.0720. The molecule has 2 N–H and O–H groups in total. The first-order valence-electron chi connectivity index (χ1n) is 8.57. The molecule has 1 aromatic heterocycles. The van der Waals surface area contributed by atoms with Crippen molar-refractivity contribution in [2.24, 2.45) is 5.92 Å². The lowest BCUT2D eigenvalue weighted by Gasteiger charge is -2.14. The Bertz CT molecular complexity index is 663. The fourth-order valence-corrected chi connectivity index (χ4v) is 2.43. The summed E-state index contributed by atoms with van der Waals surface area (Å²) in [6.45, 7) is 9.31. The molecule has 4 heteroatoms. The maximum atomic E-state index is 12.1. The number of hydrogen-bond acceptors (Lipinski definition) is 3. The highest BCUT2D eigenvalue weighted by Gasteiger charge is 2.08. The molecule has 0 saturated carbocycles. The van der Waals surface area contributed by atoms with Crippen molar-refractivity contribution in [1.82, 2.24) is 10.3 Å². The molecule has 128 valence electrons. The standard InChI is InChI=1S/C20H27N3O/c1-14(2)11-12-21-20(24)16-9-10-19(22-13-16)23-18-8-6-5-7-17(18)15(3)4/h5-10,13-15H,11-12H2,1-4H3,(H,21,24)(H,22,23). The van der Waals surface area contributed by atoms with Crippen molar-refractivity contribution in [3.8, 4) is 0 Å². The normalized spacial score (nSPS) is 10.9. The number of carbonyl (C=O) groups is 1. The Labute approximate surface area is 144 Å². The summed E-state index contributed by atoms with van der Waals surface area (Å²) in [6.07, 6.45) is 2.59. The molecule has 4 nitrogen and oxygen atoms in total. The number of amides is 1. The monoisotopic (exact) mass is 325 g/mol. The zero-order chi connectivity index (χ0) is 17.5. The molecule has 1 heterocycles. The van der Waals surface area contributed by atoms with Gasteiger partial charge in [-0.3, -0.25) is 4.79 Å². The van der Waals surface area contributed by atoms with E-state index in [-0.39, 0.29) is 5.91 Å². The third-order valence-corrected chi connectivity index (χ3v) is 3.88. The van der Waals surface area contributed by atoms with Gasteiger partial charge >= 0.3 is 0 Å². The third-order valence-electron chi connectivity index (χ3n) is 3.88. The Morgan fingerprint density at radius 3 is 2.46 bits per heavy atom. The number of rotatable bonds is 7. The van der Waals surface area contributed by atoms with Crippen LogP contribution in [-0.4, -0.2) is 17.4 Å². The van der Waals surface area contributed by atoms with Crippen LogP contribution >= 0.6 is 0 Å². The number of nitrogens with zero attached hydrogens (tertiary/aromatic N) is 1. The van der Waals surface area contributed by atoms with Gasteiger partial charge in [0.15, 0.2) is 0 Å². The average Bonchev–Trinajstić information content (AvgIpc) is 2.55. The van der Waals surface area contributed by atoms with Crippen molar-refractivity contribution in [1.29, 1.82) is 0 Å². The molecule has 0 spiro atoms. The molecule has 0 unspecified atom stereocenters. The van der Waals surface area contributed by atoms with Crippen LogP contribution in [0.25, 0.3) is 0 Å². The fourth-order valence-electron chi connectivity index (χ4n) is 2.43. The highest BCUT2D eigenvalue weighted by atomic mass is 16.1. The topological polar surface area (TPSA) is 54.0 Å². The molecule has 0 saturated heterocycles. The summed E-state index contributed by atoms with van der Waals surface area (Å²) in [5.41, 5.74) is 2.88. The minimum absolute atomic E-state index is 0.0720. The second kappa shape index (κ2) is 8.48. The van der Waals surface area contributed by atoms with Gasteiger partial charge in [0.25, 0.3) is 5.91 Å². The van der Waals surface area contributed by atoms with Crippen LogP contribution < -0.4 is 10.6 Å². The largest absolute Gasteiger partial charge is 0.352 e. The van der Waals surface area contributed by atoms with Crippen molar-refractivity contribution < 1.29 is 4.79 Å². The Hall–Kier alpha value is -2.36. The van der Waals surface area contributed by atoms with Crippen molar-refractivity contribution in [2.45, 2.75) is 40.0 Å². The maximum absolute atomic E-state index is 12.1. The Morgan fingerprint density at radius 2 is 1.83 bits per heavy atom. The Kier molecular flexibility index (Phi) is 6.36. The van der Waals surface area contributed by atoms with Crippen LogP contribution in [0, 0.1) is 5.92 Å². The van der Waals surface area contributed by atoms with E-state index in [1.54, 1.807) is 12.3 Å². The zero-order valence-electron chi connectivity index (χ0n) is 15.0. The van der Waals surface area contributed by atoms with Crippen LogP contribution in [0.5, 0.6) is 0 Å². The lowest BCUT2D eigenvalue weighted by Crippen LogP contribution is -2.25. The molecule has 0 aliphatic heterocycles. The predicted octanol–water partition coefficient (Wildman–Crippen LogP) is 4.72. The van der Waals surface area contributed by atoms with Gasteiger partial charge < -0.3 is 10.6 Å². The van der Waals surface area contributed by atoms with Gasteiger partial charge in [-0.25, -0.2) is 4.98 Å². The number of nitrogens with one attached hydrogen (secondary N) is 2. The minimum Gasteiger partial charge on any atom is -0.352 e. The van der Waals surface area contributed by atoms with Gasteiger partial charge in [-0.2, -0.15) is 0 Å².